The summed E-state index contributed by atoms with van der Waals surface area (Å²) in [6.07, 6.45) is 5.97. The lowest BCUT2D eigenvalue weighted by molar-refractivity contribution is -0.385. The zero-order valence-electron chi connectivity index (χ0n) is 7.15. The molecule has 0 saturated carbocycles. The maximum absolute atomic E-state index is 10.3. The van der Waals surface area contributed by atoms with Crippen molar-refractivity contribution in [1.29, 1.82) is 0 Å². The Hall–Kier alpha value is -2.18. The van der Waals surface area contributed by atoms with Gasteiger partial charge in [-0.25, -0.2) is 4.68 Å². The molecule has 2 aromatic rings. The maximum Gasteiger partial charge on any atom is 0.307 e. The minimum atomic E-state index is -0.480. The van der Waals surface area contributed by atoms with Gasteiger partial charge in [0.1, 0.15) is 19.1 Å². The van der Waals surface area contributed by atoms with Crippen LogP contribution in [0.4, 0.5) is 5.69 Å². The molecule has 7 nitrogen and oxygen atoms in total. The molecule has 14 heavy (non-hydrogen) atoms. The van der Waals surface area contributed by atoms with E-state index < -0.39 is 4.92 Å². The molecule has 0 saturated heterocycles. The average molecular weight is 193 g/mol. The number of hydrogen-bond donors (Lipinski definition) is 0. The molecule has 0 bridgehead atoms. The Kier molecular flexibility index (Phi) is 1.98. The Morgan fingerprint density at radius 2 is 2.29 bits per heavy atom. The van der Waals surface area contributed by atoms with Crippen LogP contribution in [0.25, 0.3) is 0 Å². The lowest BCUT2D eigenvalue weighted by Crippen LogP contribution is -2.08. The standard InChI is InChI=1S/C7H7N5O2/c13-12(14)7-4-9-11(5-7)6-10-3-1-2-8-10/h1-5H,6H2. The molecule has 0 unspecified atom stereocenters. The van der Waals surface area contributed by atoms with Crippen LogP contribution >= 0.6 is 0 Å². The largest absolute Gasteiger partial charge is 0.307 e. The molecular formula is C7H7N5O2. The fraction of sp³-hybridized carbons (Fsp3) is 0.143. The quantitative estimate of drug-likeness (QED) is 0.525. The fourth-order valence-electron chi connectivity index (χ4n) is 1.06. The summed E-state index contributed by atoms with van der Waals surface area (Å²) in [4.78, 5) is 9.87. The van der Waals surface area contributed by atoms with E-state index in [0.29, 0.717) is 6.67 Å². The Morgan fingerprint density at radius 3 is 2.86 bits per heavy atom. The molecule has 2 rings (SSSR count). The van der Waals surface area contributed by atoms with Gasteiger partial charge in [-0.05, 0) is 6.07 Å². The van der Waals surface area contributed by atoms with E-state index in [-0.39, 0.29) is 5.69 Å². The monoisotopic (exact) mass is 193 g/mol. The SMILES string of the molecule is O=[N+]([O-])c1cnn(Cn2cccn2)c1. The second-order valence-electron chi connectivity index (χ2n) is 2.68. The molecule has 2 heterocycles. The summed E-state index contributed by atoms with van der Waals surface area (Å²) in [6, 6.07) is 1.78. The number of rotatable bonds is 3. The molecular weight excluding hydrogens is 186 g/mol. The van der Waals surface area contributed by atoms with E-state index in [0.717, 1.165) is 0 Å². The van der Waals surface area contributed by atoms with Gasteiger partial charge in [0.15, 0.2) is 0 Å². The summed E-state index contributed by atoms with van der Waals surface area (Å²) in [5.74, 6) is 0. The summed E-state index contributed by atoms with van der Waals surface area (Å²) in [6.45, 7) is 0.376. The van der Waals surface area contributed by atoms with Gasteiger partial charge >= 0.3 is 5.69 Å². The van der Waals surface area contributed by atoms with Crippen molar-refractivity contribution in [2.24, 2.45) is 0 Å². The van der Waals surface area contributed by atoms with Crippen molar-refractivity contribution >= 4 is 5.69 Å². The molecule has 72 valence electrons. The van der Waals surface area contributed by atoms with Crippen molar-refractivity contribution < 1.29 is 4.92 Å². The van der Waals surface area contributed by atoms with Gasteiger partial charge in [-0.15, -0.1) is 0 Å². The van der Waals surface area contributed by atoms with Crippen molar-refractivity contribution in [2.75, 3.05) is 0 Å². The Balaban J connectivity index is 2.14. The highest BCUT2D eigenvalue weighted by atomic mass is 16.6. The van der Waals surface area contributed by atoms with Gasteiger partial charge in [-0.1, -0.05) is 0 Å². The summed E-state index contributed by atoms with van der Waals surface area (Å²) in [5, 5.41) is 18.1. The topological polar surface area (TPSA) is 78.8 Å². The molecule has 0 fully saturated rings. The van der Waals surface area contributed by atoms with Crippen LogP contribution in [0.5, 0.6) is 0 Å². The van der Waals surface area contributed by atoms with Crippen molar-refractivity contribution in [3.05, 3.63) is 41.0 Å². The van der Waals surface area contributed by atoms with Crippen molar-refractivity contribution in [2.45, 2.75) is 6.67 Å². The normalized spacial score (nSPS) is 10.3. The third kappa shape index (κ3) is 1.60. The lowest BCUT2D eigenvalue weighted by atomic mass is 10.6. The summed E-state index contributed by atoms with van der Waals surface area (Å²) in [7, 11) is 0. The highest BCUT2D eigenvalue weighted by Gasteiger charge is 2.08. The van der Waals surface area contributed by atoms with Crippen molar-refractivity contribution in [3.63, 3.8) is 0 Å². The first kappa shape index (κ1) is 8.42. The van der Waals surface area contributed by atoms with Crippen molar-refractivity contribution in [1.82, 2.24) is 19.6 Å². The Bertz CT molecular complexity index is 433. The van der Waals surface area contributed by atoms with Gasteiger partial charge in [-0.3, -0.25) is 14.8 Å². The predicted molar refractivity (Wildman–Crippen MR) is 46.5 cm³/mol. The second-order valence-corrected chi connectivity index (χ2v) is 2.68. The molecule has 2 aromatic heterocycles. The number of nitrogens with zero attached hydrogens (tertiary/aromatic N) is 5. The minimum Gasteiger partial charge on any atom is -0.258 e. The van der Waals surface area contributed by atoms with E-state index in [1.165, 1.54) is 17.1 Å². The zero-order chi connectivity index (χ0) is 9.97. The van der Waals surface area contributed by atoms with E-state index in [2.05, 4.69) is 10.2 Å². The van der Waals surface area contributed by atoms with Gasteiger partial charge in [-0.2, -0.15) is 10.2 Å². The van der Waals surface area contributed by atoms with Gasteiger partial charge < -0.3 is 0 Å². The van der Waals surface area contributed by atoms with Crippen LogP contribution < -0.4 is 0 Å². The van der Waals surface area contributed by atoms with Crippen molar-refractivity contribution in [3.8, 4) is 0 Å². The average Bonchev–Trinajstić information content (AvgIpc) is 2.75. The third-order valence-electron chi connectivity index (χ3n) is 1.68. The van der Waals surface area contributed by atoms with Gasteiger partial charge in [0.2, 0.25) is 0 Å². The van der Waals surface area contributed by atoms with Crippen LogP contribution in [-0.2, 0) is 6.67 Å². The van der Waals surface area contributed by atoms with E-state index in [1.54, 1.807) is 23.1 Å². The zero-order valence-corrected chi connectivity index (χ0v) is 7.15. The molecule has 0 N–H and O–H groups in total. The first-order valence-corrected chi connectivity index (χ1v) is 3.90. The van der Waals surface area contributed by atoms with E-state index >= 15 is 0 Å². The van der Waals surface area contributed by atoms with E-state index in [9.17, 15) is 10.1 Å². The highest BCUT2D eigenvalue weighted by Crippen LogP contribution is 2.07. The maximum atomic E-state index is 10.3. The third-order valence-corrected chi connectivity index (χ3v) is 1.68. The molecule has 0 atom stereocenters. The van der Waals surface area contributed by atoms with Gasteiger partial charge in [0.05, 0.1) is 4.92 Å². The van der Waals surface area contributed by atoms with Crippen LogP contribution in [0.1, 0.15) is 0 Å². The van der Waals surface area contributed by atoms with Gasteiger partial charge in [0.25, 0.3) is 0 Å². The molecule has 0 amide bonds. The molecule has 0 aromatic carbocycles. The lowest BCUT2D eigenvalue weighted by Gasteiger charge is -1.99. The summed E-state index contributed by atoms with van der Waals surface area (Å²) >= 11 is 0. The van der Waals surface area contributed by atoms with Crippen LogP contribution in [0.2, 0.25) is 0 Å². The second kappa shape index (κ2) is 3.29. The minimum absolute atomic E-state index is 0.0165. The molecule has 0 aliphatic heterocycles. The molecule has 0 radical (unpaired) electrons. The number of nitro groups is 1. The van der Waals surface area contributed by atoms with E-state index in [4.69, 9.17) is 0 Å². The summed E-state index contributed by atoms with van der Waals surface area (Å²) in [5.41, 5.74) is -0.0165. The predicted octanol–water partition coefficient (Wildman–Crippen LogP) is 0.494. The van der Waals surface area contributed by atoms with Crippen LogP contribution in [0.15, 0.2) is 30.9 Å². The number of aromatic nitrogens is 4. The van der Waals surface area contributed by atoms with Crippen LogP contribution in [0, 0.1) is 10.1 Å². The molecule has 7 heteroatoms. The first-order valence-electron chi connectivity index (χ1n) is 3.90. The fourth-order valence-corrected chi connectivity index (χ4v) is 1.06. The number of hydrogen-bond acceptors (Lipinski definition) is 4. The Morgan fingerprint density at radius 1 is 1.43 bits per heavy atom. The van der Waals surface area contributed by atoms with Crippen LogP contribution in [-0.4, -0.2) is 24.5 Å². The highest BCUT2D eigenvalue weighted by molar-refractivity contribution is 5.20. The molecule has 0 aliphatic carbocycles. The molecule has 0 spiro atoms. The smallest absolute Gasteiger partial charge is 0.258 e. The van der Waals surface area contributed by atoms with Gasteiger partial charge in [0, 0.05) is 12.4 Å². The summed E-state index contributed by atoms with van der Waals surface area (Å²) < 4.78 is 3.07. The first-order chi connectivity index (χ1) is 6.75. The van der Waals surface area contributed by atoms with Crippen LogP contribution in [0.3, 0.4) is 0 Å². The molecule has 0 aliphatic rings. The van der Waals surface area contributed by atoms with E-state index in [1.807, 2.05) is 0 Å². The Labute approximate surface area is 78.7 Å².